The van der Waals surface area contributed by atoms with E-state index in [1.54, 1.807) is 0 Å². The van der Waals surface area contributed by atoms with Crippen LogP contribution in [-0.4, -0.2) is 0 Å². The minimum atomic E-state index is 0.768. The van der Waals surface area contributed by atoms with Crippen molar-refractivity contribution >= 4 is 22.7 Å². The van der Waals surface area contributed by atoms with E-state index in [0.717, 1.165) is 29.2 Å². The Kier molecular flexibility index (Phi) is 1.80. The molecular weight excluding hydrogens is 198 g/mol. The molecular formula is C13H13N3. The monoisotopic (exact) mass is 211 g/mol. The van der Waals surface area contributed by atoms with Gasteiger partial charge in [-0.1, -0.05) is 18.2 Å². The molecule has 0 amide bonds. The highest BCUT2D eigenvalue weighted by atomic mass is 14.9. The van der Waals surface area contributed by atoms with Gasteiger partial charge in [-0.3, -0.25) is 0 Å². The third-order valence-electron chi connectivity index (χ3n) is 2.96. The van der Waals surface area contributed by atoms with Gasteiger partial charge in [0.05, 0.1) is 11.4 Å². The second kappa shape index (κ2) is 3.17. The molecule has 3 heteroatoms. The summed E-state index contributed by atoms with van der Waals surface area (Å²) in [6, 6.07) is 11.9. The average Bonchev–Trinajstić information content (AvgIpc) is 2.28. The van der Waals surface area contributed by atoms with Gasteiger partial charge < -0.3 is 16.8 Å². The summed E-state index contributed by atoms with van der Waals surface area (Å²) in [5.41, 5.74) is 17.8. The predicted molar refractivity (Wildman–Crippen MR) is 67.8 cm³/mol. The average molecular weight is 211 g/mol. The van der Waals surface area contributed by atoms with Crippen LogP contribution in [0.2, 0.25) is 0 Å². The topological polar surface area (TPSA) is 64.1 Å². The zero-order valence-electron chi connectivity index (χ0n) is 8.83. The first-order valence-corrected chi connectivity index (χ1v) is 5.27. The Morgan fingerprint density at radius 2 is 1.88 bits per heavy atom. The van der Waals surface area contributed by atoms with E-state index in [2.05, 4.69) is 17.4 Å². The quantitative estimate of drug-likeness (QED) is 0.500. The zero-order chi connectivity index (χ0) is 11.1. The van der Waals surface area contributed by atoms with E-state index in [1.165, 1.54) is 11.1 Å². The van der Waals surface area contributed by atoms with Crippen LogP contribution in [0.25, 0.3) is 0 Å². The maximum absolute atomic E-state index is 5.94. The van der Waals surface area contributed by atoms with Gasteiger partial charge in [-0.25, -0.2) is 0 Å². The molecule has 80 valence electrons. The van der Waals surface area contributed by atoms with Gasteiger partial charge in [0.15, 0.2) is 0 Å². The van der Waals surface area contributed by atoms with Crippen molar-refractivity contribution in [1.82, 2.24) is 0 Å². The molecule has 0 aliphatic carbocycles. The van der Waals surface area contributed by atoms with Crippen LogP contribution in [0.1, 0.15) is 11.1 Å². The van der Waals surface area contributed by atoms with E-state index in [1.807, 2.05) is 24.3 Å². The van der Waals surface area contributed by atoms with Gasteiger partial charge in [-0.15, -0.1) is 0 Å². The summed E-state index contributed by atoms with van der Waals surface area (Å²) in [5, 5.41) is 3.34. The summed E-state index contributed by atoms with van der Waals surface area (Å²) in [6.07, 6.45) is 0.906. The lowest BCUT2D eigenvalue weighted by Gasteiger charge is -2.23. The fourth-order valence-corrected chi connectivity index (χ4v) is 2.12. The third-order valence-corrected chi connectivity index (χ3v) is 2.96. The number of nitrogens with two attached hydrogens (primary N) is 2. The highest BCUT2D eigenvalue weighted by molar-refractivity contribution is 5.81. The van der Waals surface area contributed by atoms with Crippen LogP contribution < -0.4 is 16.8 Å². The molecule has 0 radical (unpaired) electrons. The molecule has 1 aliphatic heterocycles. The highest BCUT2D eigenvalue weighted by Gasteiger charge is 2.16. The Balaban J connectivity index is 2.13. The lowest BCUT2D eigenvalue weighted by atomic mass is 9.96. The molecule has 0 saturated heterocycles. The van der Waals surface area contributed by atoms with Crippen molar-refractivity contribution in [3.8, 4) is 0 Å². The molecule has 0 saturated carbocycles. The zero-order valence-corrected chi connectivity index (χ0v) is 8.83. The summed E-state index contributed by atoms with van der Waals surface area (Å²) in [6.45, 7) is 0. The Hall–Kier alpha value is -2.16. The van der Waals surface area contributed by atoms with Crippen LogP contribution >= 0.6 is 0 Å². The molecule has 0 atom stereocenters. The van der Waals surface area contributed by atoms with Gasteiger partial charge in [-0.05, 0) is 29.3 Å². The van der Waals surface area contributed by atoms with E-state index in [-0.39, 0.29) is 0 Å². The molecule has 3 nitrogen and oxygen atoms in total. The molecule has 5 N–H and O–H groups in total. The van der Waals surface area contributed by atoms with Crippen molar-refractivity contribution in [3.63, 3.8) is 0 Å². The van der Waals surface area contributed by atoms with Gasteiger partial charge in [0.1, 0.15) is 0 Å². The van der Waals surface area contributed by atoms with Crippen LogP contribution in [-0.2, 0) is 6.42 Å². The summed E-state index contributed by atoms with van der Waals surface area (Å²) >= 11 is 0. The van der Waals surface area contributed by atoms with E-state index in [9.17, 15) is 0 Å². The van der Waals surface area contributed by atoms with Crippen molar-refractivity contribution in [2.24, 2.45) is 0 Å². The molecule has 0 fully saturated rings. The van der Waals surface area contributed by atoms with Crippen molar-refractivity contribution in [2.75, 3.05) is 16.8 Å². The van der Waals surface area contributed by atoms with Crippen molar-refractivity contribution < 1.29 is 0 Å². The minimum Gasteiger partial charge on any atom is -0.399 e. The van der Waals surface area contributed by atoms with Crippen LogP contribution in [0, 0.1) is 0 Å². The predicted octanol–water partition coefficient (Wildman–Crippen LogP) is 2.50. The summed E-state index contributed by atoms with van der Waals surface area (Å²) in [7, 11) is 0. The first-order chi connectivity index (χ1) is 7.74. The number of benzene rings is 2. The molecule has 0 bridgehead atoms. The molecule has 1 aliphatic rings. The Morgan fingerprint density at radius 1 is 1.00 bits per heavy atom. The number of nitrogen functional groups attached to an aromatic ring is 2. The lowest BCUT2D eigenvalue weighted by Crippen LogP contribution is -2.09. The number of rotatable bonds is 0. The summed E-state index contributed by atoms with van der Waals surface area (Å²) in [5.74, 6) is 0. The van der Waals surface area contributed by atoms with Crippen molar-refractivity contribution in [1.29, 1.82) is 0 Å². The number of nitrogens with one attached hydrogen (secondary N) is 1. The van der Waals surface area contributed by atoms with Gasteiger partial charge in [0.2, 0.25) is 0 Å². The molecule has 0 unspecified atom stereocenters. The third kappa shape index (κ3) is 1.29. The largest absolute Gasteiger partial charge is 0.399 e. The Morgan fingerprint density at radius 3 is 2.75 bits per heavy atom. The van der Waals surface area contributed by atoms with Crippen LogP contribution in [0.5, 0.6) is 0 Å². The van der Waals surface area contributed by atoms with Gasteiger partial charge >= 0.3 is 0 Å². The smallest absolute Gasteiger partial charge is 0.0653 e. The van der Waals surface area contributed by atoms with E-state index >= 15 is 0 Å². The second-order valence-corrected chi connectivity index (χ2v) is 4.10. The van der Waals surface area contributed by atoms with Crippen LogP contribution in [0.3, 0.4) is 0 Å². The lowest BCUT2D eigenvalue weighted by molar-refractivity contribution is 1.16. The van der Waals surface area contributed by atoms with Crippen LogP contribution in [0.4, 0.5) is 22.7 Å². The molecule has 2 aromatic carbocycles. The number of para-hydroxylation sites is 1. The Labute approximate surface area is 94.1 Å². The van der Waals surface area contributed by atoms with Crippen LogP contribution in [0.15, 0.2) is 36.4 Å². The SMILES string of the molecule is Nc1ccc2c(c1)Nc1c(N)cccc1C2. The Bertz CT molecular complexity index is 561. The normalized spacial score (nSPS) is 12.5. The highest BCUT2D eigenvalue weighted by Crippen LogP contribution is 2.36. The fraction of sp³-hybridized carbons (Fsp3) is 0.0769. The van der Waals surface area contributed by atoms with Gasteiger partial charge in [0.25, 0.3) is 0 Å². The number of hydrogen-bond donors (Lipinski definition) is 3. The van der Waals surface area contributed by atoms with Gasteiger partial charge in [0, 0.05) is 17.8 Å². The fourth-order valence-electron chi connectivity index (χ4n) is 2.12. The van der Waals surface area contributed by atoms with E-state index in [0.29, 0.717) is 0 Å². The number of fused-ring (bicyclic) bond motifs is 2. The second-order valence-electron chi connectivity index (χ2n) is 4.10. The summed E-state index contributed by atoms with van der Waals surface area (Å²) < 4.78 is 0. The van der Waals surface area contributed by atoms with E-state index < -0.39 is 0 Å². The molecule has 0 spiro atoms. The summed E-state index contributed by atoms with van der Waals surface area (Å²) in [4.78, 5) is 0. The maximum Gasteiger partial charge on any atom is 0.0653 e. The molecule has 3 rings (SSSR count). The van der Waals surface area contributed by atoms with Crippen molar-refractivity contribution in [3.05, 3.63) is 47.5 Å². The van der Waals surface area contributed by atoms with Gasteiger partial charge in [-0.2, -0.15) is 0 Å². The van der Waals surface area contributed by atoms with E-state index in [4.69, 9.17) is 11.5 Å². The molecule has 0 aromatic heterocycles. The minimum absolute atomic E-state index is 0.768. The number of hydrogen-bond acceptors (Lipinski definition) is 3. The van der Waals surface area contributed by atoms with Crippen molar-refractivity contribution in [2.45, 2.75) is 6.42 Å². The number of anilines is 4. The molecule has 16 heavy (non-hydrogen) atoms. The first-order valence-electron chi connectivity index (χ1n) is 5.27. The molecule has 1 heterocycles. The maximum atomic E-state index is 5.94. The first kappa shape index (κ1) is 9.09. The standard InChI is InChI=1S/C13H13N3/c14-10-5-4-8-6-9-2-1-3-11(15)13(9)16-12(8)7-10/h1-5,7,16H,6,14-15H2. The molecule has 2 aromatic rings.